The number of nitrogens with zero attached hydrogens (tertiary/aromatic N) is 1. The minimum absolute atomic E-state index is 0.0240. The van der Waals surface area contributed by atoms with Gasteiger partial charge in [0, 0.05) is 11.6 Å². The van der Waals surface area contributed by atoms with Crippen LogP contribution in [0.2, 0.25) is 10.0 Å². The van der Waals surface area contributed by atoms with E-state index in [9.17, 15) is 14.4 Å². The van der Waals surface area contributed by atoms with E-state index in [1.807, 2.05) is 6.07 Å². The van der Waals surface area contributed by atoms with Crippen LogP contribution in [0.5, 0.6) is 5.75 Å². The molecule has 4 nitrogen and oxygen atoms in total. The van der Waals surface area contributed by atoms with Crippen molar-refractivity contribution in [2.45, 2.75) is 38.3 Å². The van der Waals surface area contributed by atoms with E-state index in [1.165, 1.54) is 12.1 Å². The van der Waals surface area contributed by atoms with Gasteiger partial charge in [0.25, 0.3) is 5.91 Å². The van der Waals surface area contributed by atoms with Gasteiger partial charge >= 0.3 is 0 Å². The van der Waals surface area contributed by atoms with Crippen LogP contribution in [-0.2, 0) is 11.4 Å². The molecule has 29 heavy (non-hydrogen) atoms. The molecule has 0 saturated heterocycles. The molecule has 3 rings (SSSR count). The molecule has 0 unspecified atom stereocenters. The molecule has 0 aliphatic heterocycles. The Morgan fingerprint density at radius 2 is 1.90 bits per heavy atom. The fourth-order valence-electron chi connectivity index (χ4n) is 3.21. The van der Waals surface area contributed by atoms with Gasteiger partial charge in [-0.3, -0.25) is 4.79 Å². The summed E-state index contributed by atoms with van der Waals surface area (Å²) in [5.74, 6) is -0.583. The van der Waals surface area contributed by atoms with Crippen LogP contribution in [0.1, 0.15) is 36.8 Å². The Morgan fingerprint density at radius 1 is 1.24 bits per heavy atom. The molecule has 1 amide bonds. The van der Waals surface area contributed by atoms with E-state index in [2.05, 4.69) is 5.32 Å². The highest BCUT2D eigenvalue weighted by Gasteiger charge is 2.19. The first kappa shape index (κ1) is 21.2. The van der Waals surface area contributed by atoms with Gasteiger partial charge in [-0.1, -0.05) is 54.2 Å². The summed E-state index contributed by atoms with van der Waals surface area (Å²) in [5, 5.41) is 12.6. The van der Waals surface area contributed by atoms with Crippen LogP contribution in [0.4, 0.5) is 4.39 Å². The summed E-state index contributed by atoms with van der Waals surface area (Å²) in [4.78, 5) is 12.3. The summed E-state index contributed by atoms with van der Waals surface area (Å²) in [6.07, 6.45) is 5.45. The molecule has 0 spiro atoms. The molecule has 150 valence electrons. The molecule has 1 saturated carbocycles. The minimum atomic E-state index is -0.411. The maximum absolute atomic E-state index is 13.7. The van der Waals surface area contributed by atoms with Crippen molar-refractivity contribution in [1.29, 1.82) is 5.26 Å². The number of carbonyl (C=O) groups excluding carboxylic acids is 1. The van der Waals surface area contributed by atoms with Crippen molar-refractivity contribution in [1.82, 2.24) is 5.32 Å². The van der Waals surface area contributed by atoms with E-state index in [-0.39, 0.29) is 39.8 Å². The molecule has 7 heteroatoms. The molecule has 1 aliphatic carbocycles. The molecular formula is C22H19Cl2FN2O2. The second kappa shape index (κ2) is 9.78. The number of nitriles is 1. The molecule has 1 fully saturated rings. The molecule has 2 aromatic rings. The van der Waals surface area contributed by atoms with Gasteiger partial charge in [-0.2, -0.15) is 5.26 Å². The van der Waals surface area contributed by atoms with Gasteiger partial charge in [0.15, 0.2) is 5.75 Å². The van der Waals surface area contributed by atoms with Crippen LogP contribution in [0.3, 0.4) is 0 Å². The first-order chi connectivity index (χ1) is 14.0. The van der Waals surface area contributed by atoms with E-state index in [0.29, 0.717) is 11.1 Å². The molecule has 0 heterocycles. The lowest BCUT2D eigenvalue weighted by atomic mass is 10.1. The first-order valence-electron chi connectivity index (χ1n) is 9.26. The SMILES string of the molecule is N#C/C(=C/c1cc(Cl)c(OCc2ccccc2F)c(Cl)c1)C(=O)NC1CCCC1. The topological polar surface area (TPSA) is 62.1 Å². The molecule has 0 bridgehead atoms. The number of nitrogens with one attached hydrogen (secondary N) is 1. The standard InChI is InChI=1S/C22H19Cl2FN2O2/c23-18-10-14(9-16(12-26)22(28)27-17-6-2-3-7-17)11-19(24)21(18)29-13-15-5-1-4-8-20(15)25/h1,4-5,8-11,17H,2-3,6-7,13H2,(H,27,28)/b16-9-. The van der Waals surface area contributed by atoms with Gasteiger partial charge in [0.05, 0.1) is 10.0 Å². The normalized spacial score (nSPS) is 14.5. The fraction of sp³-hybridized carbons (Fsp3) is 0.273. The lowest BCUT2D eigenvalue weighted by Crippen LogP contribution is -2.33. The molecule has 1 N–H and O–H groups in total. The summed E-state index contributed by atoms with van der Waals surface area (Å²) in [5.41, 5.74) is 0.847. The van der Waals surface area contributed by atoms with E-state index >= 15 is 0 Å². The third-order valence-corrected chi connectivity index (χ3v) is 5.28. The fourth-order valence-corrected chi connectivity index (χ4v) is 3.83. The van der Waals surface area contributed by atoms with Crippen molar-refractivity contribution < 1.29 is 13.9 Å². The van der Waals surface area contributed by atoms with Gasteiger partial charge in [0.2, 0.25) is 0 Å². The smallest absolute Gasteiger partial charge is 0.262 e. The zero-order valence-electron chi connectivity index (χ0n) is 15.6. The predicted molar refractivity (Wildman–Crippen MR) is 111 cm³/mol. The Kier molecular flexibility index (Phi) is 7.13. The highest BCUT2D eigenvalue weighted by Crippen LogP contribution is 2.35. The number of benzene rings is 2. The zero-order valence-corrected chi connectivity index (χ0v) is 17.1. The van der Waals surface area contributed by atoms with Crippen LogP contribution in [-0.4, -0.2) is 11.9 Å². The number of hydrogen-bond donors (Lipinski definition) is 1. The van der Waals surface area contributed by atoms with Crippen molar-refractivity contribution in [2.75, 3.05) is 0 Å². The van der Waals surface area contributed by atoms with E-state index in [0.717, 1.165) is 25.7 Å². The third-order valence-electron chi connectivity index (χ3n) is 4.72. The van der Waals surface area contributed by atoms with Crippen LogP contribution < -0.4 is 10.1 Å². The molecule has 2 aromatic carbocycles. The average molecular weight is 433 g/mol. The summed E-state index contributed by atoms with van der Waals surface area (Å²) in [6.45, 7) is -0.0332. The van der Waals surface area contributed by atoms with E-state index in [4.69, 9.17) is 27.9 Å². The van der Waals surface area contributed by atoms with Crippen LogP contribution in [0.25, 0.3) is 6.08 Å². The highest BCUT2D eigenvalue weighted by atomic mass is 35.5. The monoisotopic (exact) mass is 432 g/mol. The van der Waals surface area contributed by atoms with Gasteiger partial charge in [-0.15, -0.1) is 0 Å². The predicted octanol–water partition coefficient (Wildman–Crippen LogP) is 5.68. The number of rotatable bonds is 6. The largest absolute Gasteiger partial charge is 0.486 e. The summed E-state index contributed by atoms with van der Waals surface area (Å²) in [6, 6.07) is 11.4. The summed E-state index contributed by atoms with van der Waals surface area (Å²) < 4.78 is 19.3. The van der Waals surface area contributed by atoms with Gasteiger partial charge < -0.3 is 10.1 Å². The summed E-state index contributed by atoms with van der Waals surface area (Å²) in [7, 11) is 0. The maximum atomic E-state index is 13.7. The van der Waals surface area contributed by atoms with Crippen LogP contribution in [0, 0.1) is 17.1 Å². The molecule has 1 aliphatic rings. The lowest BCUT2D eigenvalue weighted by molar-refractivity contribution is -0.117. The van der Waals surface area contributed by atoms with Gasteiger partial charge in [-0.25, -0.2) is 4.39 Å². The molecule has 0 aromatic heterocycles. The number of hydrogen-bond acceptors (Lipinski definition) is 3. The van der Waals surface area contributed by atoms with Crippen molar-refractivity contribution >= 4 is 35.2 Å². The minimum Gasteiger partial charge on any atom is -0.486 e. The number of halogens is 3. The molecule has 0 radical (unpaired) electrons. The number of amides is 1. The molecule has 0 atom stereocenters. The highest BCUT2D eigenvalue weighted by molar-refractivity contribution is 6.37. The van der Waals surface area contributed by atoms with Crippen LogP contribution in [0.15, 0.2) is 42.0 Å². The number of ether oxygens (including phenoxy) is 1. The second-order valence-electron chi connectivity index (χ2n) is 6.82. The quantitative estimate of drug-likeness (QED) is 0.471. The Labute approximate surface area is 178 Å². The first-order valence-corrected chi connectivity index (χ1v) is 10.0. The van der Waals surface area contributed by atoms with E-state index in [1.54, 1.807) is 30.3 Å². The van der Waals surface area contributed by atoms with Crippen molar-refractivity contribution in [3.8, 4) is 11.8 Å². The lowest BCUT2D eigenvalue weighted by Gasteiger charge is -2.12. The Balaban J connectivity index is 1.75. The Hall–Kier alpha value is -2.55. The van der Waals surface area contributed by atoms with Crippen molar-refractivity contribution in [2.24, 2.45) is 0 Å². The Bertz CT molecular complexity index is 956. The van der Waals surface area contributed by atoms with Gasteiger partial charge in [0.1, 0.15) is 24.1 Å². The zero-order chi connectivity index (χ0) is 20.8. The third kappa shape index (κ3) is 5.50. The second-order valence-corrected chi connectivity index (χ2v) is 7.63. The van der Waals surface area contributed by atoms with Crippen LogP contribution >= 0.6 is 23.2 Å². The number of carbonyl (C=O) groups is 1. The maximum Gasteiger partial charge on any atom is 0.262 e. The summed E-state index contributed by atoms with van der Waals surface area (Å²) >= 11 is 12.5. The Morgan fingerprint density at radius 3 is 2.52 bits per heavy atom. The van der Waals surface area contributed by atoms with Crippen molar-refractivity contribution in [3.05, 3.63) is 69.0 Å². The van der Waals surface area contributed by atoms with E-state index < -0.39 is 5.91 Å². The average Bonchev–Trinajstić information content (AvgIpc) is 3.19. The van der Waals surface area contributed by atoms with Gasteiger partial charge in [-0.05, 0) is 42.7 Å². The van der Waals surface area contributed by atoms with Crippen molar-refractivity contribution in [3.63, 3.8) is 0 Å². The molecular weight excluding hydrogens is 414 g/mol.